The summed E-state index contributed by atoms with van der Waals surface area (Å²) < 4.78 is 28.1. The summed E-state index contributed by atoms with van der Waals surface area (Å²) >= 11 is 0. The van der Waals surface area contributed by atoms with E-state index in [1.807, 2.05) is 17.0 Å². The Labute approximate surface area is 200 Å². The molecule has 0 spiro atoms. The highest BCUT2D eigenvalue weighted by Crippen LogP contribution is 2.29. The van der Waals surface area contributed by atoms with E-state index in [1.165, 1.54) is 17.5 Å². The van der Waals surface area contributed by atoms with Crippen LogP contribution in [0.1, 0.15) is 64.0 Å². The van der Waals surface area contributed by atoms with Gasteiger partial charge in [-0.25, -0.2) is 8.42 Å². The van der Waals surface area contributed by atoms with Crippen molar-refractivity contribution in [3.63, 3.8) is 0 Å². The number of sulfonamides is 1. The minimum Gasteiger partial charge on any atom is -0.340 e. The van der Waals surface area contributed by atoms with Crippen molar-refractivity contribution < 1.29 is 13.2 Å². The molecule has 3 aliphatic rings. The highest BCUT2D eigenvalue weighted by Gasteiger charge is 2.35. The lowest BCUT2D eigenvalue weighted by molar-refractivity contribution is -0.138. The van der Waals surface area contributed by atoms with E-state index in [1.54, 1.807) is 10.4 Å². The smallest absolute Gasteiger partial charge is 0.243 e. The number of hydrogen-bond donors (Lipinski definition) is 0. The maximum absolute atomic E-state index is 13.2. The molecule has 0 atom stereocenters. The molecular weight excluding hydrogens is 434 g/mol. The minimum atomic E-state index is -3.49. The topological polar surface area (TPSA) is 60.9 Å². The van der Waals surface area contributed by atoms with Crippen LogP contribution in [0.2, 0.25) is 0 Å². The van der Waals surface area contributed by atoms with Gasteiger partial charge in [0.25, 0.3) is 0 Å². The fourth-order valence-corrected chi connectivity index (χ4v) is 6.83. The highest BCUT2D eigenvalue weighted by atomic mass is 32.2. The lowest BCUT2D eigenvalue weighted by Crippen LogP contribution is -2.52. The summed E-state index contributed by atoms with van der Waals surface area (Å²) in [5.74, 6) is 0.164. The van der Waals surface area contributed by atoms with Gasteiger partial charge in [0.15, 0.2) is 0 Å². The Morgan fingerprint density at radius 2 is 1.58 bits per heavy atom. The Morgan fingerprint density at radius 3 is 2.21 bits per heavy atom. The first-order chi connectivity index (χ1) is 15.6. The summed E-state index contributed by atoms with van der Waals surface area (Å²) in [7, 11) is -3.49. The van der Waals surface area contributed by atoms with Crippen LogP contribution in [0.3, 0.4) is 0 Å². The van der Waals surface area contributed by atoms with Crippen LogP contribution in [0.25, 0.3) is 0 Å². The van der Waals surface area contributed by atoms with Crippen LogP contribution in [-0.4, -0.2) is 74.2 Å². The molecule has 2 aliphatic heterocycles. The summed E-state index contributed by atoms with van der Waals surface area (Å²) in [6.07, 6.45) is 6.74. The van der Waals surface area contributed by atoms with Crippen molar-refractivity contribution in [1.82, 2.24) is 14.1 Å². The van der Waals surface area contributed by atoms with Gasteiger partial charge < -0.3 is 4.90 Å². The van der Waals surface area contributed by atoms with Gasteiger partial charge in [-0.3, -0.25) is 9.69 Å². The van der Waals surface area contributed by atoms with Crippen molar-refractivity contribution in [2.45, 2.75) is 70.6 Å². The minimum absolute atomic E-state index is 0.0545. The Kier molecular flexibility index (Phi) is 7.51. The molecule has 6 nitrogen and oxygen atoms in total. The number of carbonyl (C=O) groups is 1. The Bertz CT molecular complexity index is 938. The van der Waals surface area contributed by atoms with E-state index in [4.69, 9.17) is 0 Å². The average molecular weight is 476 g/mol. The molecule has 7 heteroatoms. The fourth-order valence-electron chi connectivity index (χ4n) is 5.31. The molecule has 2 saturated heterocycles. The largest absolute Gasteiger partial charge is 0.340 e. The van der Waals surface area contributed by atoms with Gasteiger partial charge in [-0.1, -0.05) is 26.8 Å². The summed E-state index contributed by atoms with van der Waals surface area (Å²) in [6, 6.07) is 5.66. The van der Waals surface area contributed by atoms with E-state index in [-0.39, 0.29) is 11.8 Å². The molecular formula is C26H41N3O3S. The normalized spacial score (nSPS) is 21.7. The molecule has 33 heavy (non-hydrogen) atoms. The zero-order valence-corrected chi connectivity index (χ0v) is 21.5. The zero-order valence-electron chi connectivity index (χ0n) is 20.7. The zero-order chi connectivity index (χ0) is 23.6. The lowest BCUT2D eigenvalue weighted by atomic mass is 9.92. The van der Waals surface area contributed by atoms with Crippen LogP contribution in [0.4, 0.5) is 0 Å². The second kappa shape index (κ2) is 10.0. The molecule has 1 aliphatic carbocycles. The predicted octanol–water partition coefficient (Wildman–Crippen LogP) is 3.55. The third kappa shape index (κ3) is 5.98. The number of benzene rings is 1. The van der Waals surface area contributed by atoms with E-state index in [0.717, 1.165) is 58.4 Å². The summed E-state index contributed by atoms with van der Waals surface area (Å²) in [6.45, 7) is 12.2. The van der Waals surface area contributed by atoms with Gasteiger partial charge in [-0.05, 0) is 80.2 Å². The van der Waals surface area contributed by atoms with Crippen LogP contribution in [0.15, 0.2) is 23.1 Å². The third-order valence-electron chi connectivity index (χ3n) is 7.62. The molecule has 0 N–H and O–H groups in total. The molecule has 184 valence electrons. The first-order valence-electron chi connectivity index (χ1n) is 12.8. The summed E-state index contributed by atoms with van der Waals surface area (Å²) in [5, 5.41) is 0. The van der Waals surface area contributed by atoms with Crippen LogP contribution >= 0.6 is 0 Å². The van der Waals surface area contributed by atoms with Gasteiger partial charge in [0, 0.05) is 45.2 Å². The van der Waals surface area contributed by atoms with Gasteiger partial charge in [0.05, 0.1) is 4.90 Å². The van der Waals surface area contributed by atoms with Crippen LogP contribution in [0.5, 0.6) is 0 Å². The quantitative estimate of drug-likeness (QED) is 0.654. The molecule has 0 saturated carbocycles. The number of hydrogen-bond acceptors (Lipinski definition) is 4. The van der Waals surface area contributed by atoms with E-state index < -0.39 is 10.0 Å². The van der Waals surface area contributed by atoms with E-state index in [0.29, 0.717) is 36.2 Å². The van der Waals surface area contributed by atoms with E-state index in [2.05, 4.69) is 25.7 Å². The molecule has 2 fully saturated rings. The number of piperazine rings is 1. The number of piperidine rings is 1. The van der Waals surface area contributed by atoms with Crippen molar-refractivity contribution in [2.75, 3.05) is 45.8 Å². The monoisotopic (exact) mass is 475 g/mol. The molecule has 0 unspecified atom stereocenters. The second-order valence-electron chi connectivity index (χ2n) is 11.3. The summed E-state index contributed by atoms with van der Waals surface area (Å²) in [4.78, 5) is 18.0. The third-order valence-corrected chi connectivity index (χ3v) is 9.52. The van der Waals surface area contributed by atoms with Crippen LogP contribution < -0.4 is 0 Å². The van der Waals surface area contributed by atoms with Crippen LogP contribution in [0, 0.1) is 11.3 Å². The summed E-state index contributed by atoms with van der Waals surface area (Å²) in [5.41, 5.74) is 2.82. The molecule has 2 heterocycles. The van der Waals surface area contributed by atoms with Gasteiger partial charge in [-0.2, -0.15) is 4.31 Å². The first kappa shape index (κ1) is 24.7. The molecule has 4 rings (SSSR count). The standard InChI is InChI=1S/C26H41N3O3S/c1-26(2,3)12-15-27-16-18-28(19-17-27)25(30)22-10-13-29(14-11-22)33(31,32)24-9-8-21-6-4-5-7-23(21)20-24/h8-9,20,22H,4-7,10-19H2,1-3H3. The maximum Gasteiger partial charge on any atom is 0.243 e. The van der Waals surface area contributed by atoms with Crippen molar-refractivity contribution in [3.05, 3.63) is 29.3 Å². The molecule has 0 aromatic heterocycles. The van der Waals surface area contributed by atoms with Crippen molar-refractivity contribution in [1.29, 1.82) is 0 Å². The maximum atomic E-state index is 13.2. The van der Waals surface area contributed by atoms with Gasteiger partial charge in [-0.15, -0.1) is 0 Å². The fraction of sp³-hybridized carbons (Fsp3) is 0.731. The van der Waals surface area contributed by atoms with Gasteiger partial charge in [0.2, 0.25) is 15.9 Å². The number of fused-ring (bicyclic) bond motifs is 1. The Balaban J connectivity index is 1.28. The highest BCUT2D eigenvalue weighted by molar-refractivity contribution is 7.89. The first-order valence-corrected chi connectivity index (χ1v) is 14.2. The van der Waals surface area contributed by atoms with Gasteiger partial charge in [0.1, 0.15) is 0 Å². The van der Waals surface area contributed by atoms with Gasteiger partial charge >= 0.3 is 0 Å². The predicted molar refractivity (Wildman–Crippen MR) is 132 cm³/mol. The average Bonchev–Trinajstić information content (AvgIpc) is 2.82. The number of rotatable bonds is 5. The Hall–Kier alpha value is -1.44. The number of amides is 1. The molecule has 0 bridgehead atoms. The SMILES string of the molecule is CC(C)(C)CCN1CCN(C(=O)C2CCN(S(=O)(=O)c3ccc4c(c3)CCCC4)CC2)CC1. The number of nitrogens with zero attached hydrogens (tertiary/aromatic N) is 3. The second-order valence-corrected chi connectivity index (χ2v) is 13.2. The number of carbonyl (C=O) groups excluding carboxylic acids is 1. The van der Waals surface area contributed by atoms with E-state index in [9.17, 15) is 13.2 Å². The Morgan fingerprint density at radius 1 is 0.939 bits per heavy atom. The van der Waals surface area contributed by atoms with Crippen molar-refractivity contribution >= 4 is 15.9 Å². The number of aryl methyl sites for hydroxylation is 2. The van der Waals surface area contributed by atoms with Crippen molar-refractivity contribution in [3.8, 4) is 0 Å². The molecule has 1 amide bonds. The molecule has 1 aromatic rings. The lowest BCUT2D eigenvalue weighted by Gasteiger charge is -2.39. The molecule has 1 aromatic carbocycles. The van der Waals surface area contributed by atoms with E-state index >= 15 is 0 Å². The molecule has 0 radical (unpaired) electrons. The van der Waals surface area contributed by atoms with Crippen molar-refractivity contribution in [2.24, 2.45) is 11.3 Å². The van der Waals surface area contributed by atoms with Crippen LogP contribution in [-0.2, 0) is 27.7 Å².